The molecule has 1 aromatic rings. The van der Waals surface area contributed by atoms with E-state index >= 15 is 0 Å². The van der Waals surface area contributed by atoms with E-state index in [1.165, 1.54) is 44.0 Å². The monoisotopic (exact) mass is 301 g/mol. The van der Waals surface area contributed by atoms with E-state index in [1.54, 1.807) is 0 Å². The average molecular weight is 301 g/mol. The first-order valence-electron chi connectivity index (χ1n) is 8.66. The Morgan fingerprint density at radius 1 is 1.36 bits per heavy atom. The van der Waals surface area contributed by atoms with Gasteiger partial charge in [-0.3, -0.25) is 4.90 Å². The minimum Gasteiger partial charge on any atom is -0.343 e. The van der Waals surface area contributed by atoms with E-state index in [9.17, 15) is 0 Å². The Balaban J connectivity index is 1.56. The quantitative estimate of drug-likeness (QED) is 0.807. The molecular formula is C17H27N5. The maximum Gasteiger partial charge on any atom is 0.121 e. The minimum absolute atomic E-state index is 0.224. The van der Waals surface area contributed by atoms with Crippen molar-refractivity contribution in [1.82, 2.24) is 25.1 Å². The maximum atomic E-state index is 4.81. The highest BCUT2D eigenvalue weighted by Gasteiger charge is 2.61. The predicted molar refractivity (Wildman–Crippen MR) is 88.5 cm³/mol. The molecule has 3 aliphatic rings. The van der Waals surface area contributed by atoms with Crippen LogP contribution in [0.1, 0.15) is 37.0 Å². The minimum atomic E-state index is 0.224. The molecular weight excluding hydrogens is 274 g/mol. The Kier molecular flexibility index (Phi) is 3.59. The number of rotatable bonds is 5. The second-order valence-corrected chi connectivity index (χ2v) is 7.00. The van der Waals surface area contributed by atoms with Gasteiger partial charge in [0.05, 0.1) is 23.5 Å². The molecule has 5 heteroatoms. The zero-order valence-electron chi connectivity index (χ0n) is 13.7. The average Bonchev–Trinajstić information content (AvgIpc) is 3.13. The molecule has 2 aliphatic carbocycles. The molecule has 0 bridgehead atoms. The van der Waals surface area contributed by atoms with Crippen molar-refractivity contribution in [2.45, 2.75) is 31.8 Å². The largest absolute Gasteiger partial charge is 0.343 e. The number of fused-ring (bicyclic) bond motifs is 3. The van der Waals surface area contributed by atoms with Crippen LogP contribution in [0.3, 0.4) is 0 Å². The lowest BCUT2D eigenvalue weighted by Gasteiger charge is -2.39. The molecule has 1 saturated heterocycles. The van der Waals surface area contributed by atoms with Gasteiger partial charge >= 0.3 is 0 Å². The van der Waals surface area contributed by atoms with Gasteiger partial charge in [-0.05, 0) is 32.5 Å². The molecule has 0 aromatic carbocycles. The number of nitrogens with one attached hydrogen (secondary N) is 2. The van der Waals surface area contributed by atoms with E-state index in [-0.39, 0.29) is 5.54 Å². The van der Waals surface area contributed by atoms with Crippen LogP contribution in [0.4, 0.5) is 0 Å². The van der Waals surface area contributed by atoms with Crippen LogP contribution in [-0.2, 0) is 12.1 Å². The van der Waals surface area contributed by atoms with Crippen molar-refractivity contribution in [3.05, 3.63) is 23.3 Å². The van der Waals surface area contributed by atoms with E-state index in [0.717, 1.165) is 25.3 Å². The van der Waals surface area contributed by atoms with Crippen LogP contribution in [0, 0.1) is 5.92 Å². The summed E-state index contributed by atoms with van der Waals surface area (Å²) in [7, 11) is 2.22. The fraction of sp³-hybridized carbons (Fsp3) is 0.706. The van der Waals surface area contributed by atoms with Crippen LogP contribution >= 0.6 is 0 Å². The summed E-state index contributed by atoms with van der Waals surface area (Å²) >= 11 is 0. The molecule has 1 aliphatic heterocycles. The molecule has 0 amide bonds. The van der Waals surface area contributed by atoms with Gasteiger partial charge in [-0.1, -0.05) is 13.0 Å². The Morgan fingerprint density at radius 3 is 2.95 bits per heavy atom. The highest BCUT2D eigenvalue weighted by molar-refractivity contribution is 5.58. The molecule has 2 N–H and O–H groups in total. The summed E-state index contributed by atoms with van der Waals surface area (Å²) in [5.41, 5.74) is 2.76. The second-order valence-electron chi connectivity index (χ2n) is 7.00. The van der Waals surface area contributed by atoms with Crippen molar-refractivity contribution >= 4 is 6.08 Å². The maximum absolute atomic E-state index is 4.81. The first kappa shape index (κ1) is 14.4. The number of aromatic nitrogens is 2. The van der Waals surface area contributed by atoms with Crippen LogP contribution in [-0.4, -0.2) is 59.5 Å². The summed E-state index contributed by atoms with van der Waals surface area (Å²) in [6, 6.07) is 0. The SMILES string of the molecule is CCCNCc1nc2c([nH]1)C1(N3CCN(C)CC3)CC1C=C2. The third-order valence-electron chi connectivity index (χ3n) is 5.47. The molecule has 4 rings (SSSR count). The van der Waals surface area contributed by atoms with Crippen molar-refractivity contribution in [2.75, 3.05) is 39.8 Å². The normalized spacial score (nSPS) is 31.1. The van der Waals surface area contributed by atoms with Gasteiger partial charge in [-0.15, -0.1) is 0 Å². The zero-order chi connectivity index (χ0) is 15.2. The third-order valence-corrected chi connectivity index (χ3v) is 5.47. The lowest BCUT2D eigenvalue weighted by atomic mass is 9.99. The van der Waals surface area contributed by atoms with Crippen molar-refractivity contribution in [3.8, 4) is 0 Å². The van der Waals surface area contributed by atoms with Gasteiger partial charge in [0.2, 0.25) is 0 Å². The van der Waals surface area contributed by atoms with Crippen LogP contribution < -0.4 is 5.32 Å². The van der Waals surface area contributed by atoms with Gasteiger partial charge in [0.15, 0.2) is 0 Å². The molecule has 0 spiro atoms. The summed E-state index contributed by atoms with van der Waals surface area (Å²) in [6.07, 6.45) is 7.02. The molecule has 2 fully saturated rings. The van der Waals surface area contributed by atoms with Crippen LogP contribution in [0.15, 0.2) is 6.08 Å². The van der Waals surface area contributed by atoms with Gasteiger partial charge in [0.25, 0.3) is 0 Å². The third kappa shape index (κ3) is 2.23. The van der Waals surface area contributed by atoms with E-state index in [4.69, 9.17) is 4.98 Å². The van der Waals surface area contributed by atoms with Gasteiger partial charge in [-0.2, -0.15) is 0 Å². The van der Waals surface area contributed by atoms with Crippen molar-refractivity contribution in [1.29, 1.82) is 0 Å². The fourth-order valence-electron chi connectivity index (χ4n) is 4.08. The highest BCUT2D eigenvalue weighted by Crippen LogP contribution is 2.60. The van der Waals surface area contributed by atoms with Crippen LogP contribution in [0.25, 0.3) is 6.08 Å². The Morgan fingerprint density at radius 2 is 2.18 bits per heavy atom. The molecule has 5 nitrogen and oxygen atoms in total. The number of piperazine rings is 1. The van der Waals surface area contributed by atoms with Crippen LogP contribution in [0.2, 0.25) is 0 Å². The fourth-order valence-corrected chi connectivity index (χ4v) is 4.08. The number of hydrogen-bond donors (Lipinski definition) is 2. The number of nitrogens with zero attached hydrogens (tertiary/aromatic N) is 3. The summed E-state index contributed by atoms with van der Waals surface area (Å²) in [5, 5.41) is 3.45. The molecule has 0 radical (unpaired) electrons. The van der Waals surface area contributed by atoms with Crippen molar-refractivity contribution in [2.24, 2.45) is 5.92 Å². The van der Waals surface area contributed by atoms with E-state index in [1.807, 2.05) is 0 Å². The zero-order valence-corrected chi connectivity index (χ0v) is 13.7. The van der Waals surface area contributed by atoms with Crippen LogP contribution in [0.5, 0.6) is 0 Å². The molecule has 120 valence electrons. The van der Waals surface area contributed by atoms with Gasteiger partial charge in [-0.25, -0.2) is 4.98 Å². The summed E-state index contributed by atoms with van der Waals surface area (Å²) < 4.78 is 0. The number of H-pyrrole nitrogens is 1. The Hall–Kier alpha value is -1.17. The van der Waals surface area contributed by atoms with E-state index < -0.39 is 0 Å². The lowest BCUT2D eigenvalue weighted by Crippen LogP contribution is -2.50. The first-order chi connectivity index (χ1) is 10.7. The topological polar surface area (TPSA) is 47.2 Å². The van der Waals surface area contributed by atoms with Gasteiger partial charge in [0.1, 0.15) is 5.82 Å². The van der Waals surface area contributed by atoms with Crippen molar-refractivity contribution in [3.63, 3.8) is 0 Å². The lowest BCUT2D eigenvalue weighted by molar-refractivity contribution is 0.0895. The molecule has 1 saturated carbocycles. The molecule has 2 atom stereocenters. The first-order valence-corrected chi connectivity index (χ1v) is 8.66. The summed E-state index contributed by atoms with van der Waals surface area (Å²) in [5.74, 6) is 1.77. The predicted octanol–water partition coefficient (Wildman–Crippen LogP) is 1.40. The Bertz CT molecular complexity index is 570. The molecule has 22 heavy (non-hydrogen) atoms. The number of hydrogen-bond acceptors (Lipinski definition) is 4. The van der Waals surface area contributed by atoms with Gasteiger partial charge in [0, 0.05) is 32.1 Å². The summed E-state index contributed by atoms with van der Waals surface area (Å²) in [6.45, 7) is 8.77. The van der Waals surface area contributed by atoms with E-state index in [0.29, 0.717) is 5.92 Å². The molecule has 2 heterocycles. The van der Waals surface area contributed by atoms with E-state index in [2.05, 4.69) is 46.2 Å². The molecule has 1 aromatic heterocycles. The second kappa shape index (κ2) is 5.48. The number of likely N-dealkylation sites (N-methyl/N-ethyl adjacent to an activating group) is 1. The number of aromatic amines is 1. The summed E-state index contributed by atoms with van der Waals surface area (Å²) in [4.78, 5) is 13.6. The standard InChI is InChI=1S/C17H27N5/c1-3-6-18-12-15-19-14-5-4-13-11-17(13,16(14)20-15)22-9-7-21(2)8-10-22/h4-5,13,18H,3,6-12H2,1-2H3,(H,19,20). The van der Waals surface area contributed by atoms with Gasteiger partial charge < -0.3 is 15.2 Å². The molecule has 2 unspecified atom stereocenters. The van der Waals surface area contributed by atoms with Crippen molar-refractivity contribution < 1.29 is 0 Å². The smallest absolute Gasteiger partial charge is 0.121 e. The Labute approximate surface area is 132 Å². The highest BCUT2D eigenvalue weighted by atomic mass is 15.3. The number of imidazole rings is 1.